The standard InChI is InChI=1S/C39H47N5O8S/c1-4-11-24-21-39(24,37(47)43-53(49,50)27-18-19-27)41-35(45)32-20-26(52-42-34-30-16-9-7-14-28(30)29-15-8-10-17-31(29)34)22-44(32)36(46)33(23(2)3)40-38(48)51-25-12-5-6-13-25/h4,7-10,14-17,23-27,32-33H,1,5-6,11-13,18-22H2,2-3H3,(H,40,48)(H,41,45)(H,43,47)/t24-,26-,32+,33+,39-/m1/s1. The van der Waals surface area contributed by atoms with Crippen LogP contribution >= 0.6 is 0 Å². The molecule has 5 atom stereocenters. The van der Waals surface area contributed by atoms with Crippen molar-refractivity contribution in [1.82, 2.24) is 20.3 Å². The van der Waals surface area contributed by atoms with Gasteiger partial charge in [0.05, 0.1) is 11.8 Å². The van der Waals surface area contributed by atoms with Crippen LogP contribution in [0, 0.1) is 11.8 Å². The van der Waals surface area contributed by atoms with Crippen molar-refractivity contribution in [3.63, 3.8) is 0 Å². The number of benzene rings is 2. The van der Waals surface area contributed by atoms with Crippen LogP contribution in [0.1, 0.15) is 82.8 Å². The summed E-state index contributed by atoms with van der Waals surface area (Å²) in [6.45, 7) is 7.33. The van der Waals surface area contributed by atoms with E-state index in [-0.39, 0.29) is 37.3 Å². The van der Waals surface area contributed by atoms with Crippen molar-refractivity contribution < 1.29 is 37.2 Å². The highest BCUT2D eigenvalue weighted by molar-refractivity contribution is 7.91. The molecule has 2 aromatic rings. The first-order valence-corrected chi connectivity index (χ1v) is 20.2. The summed E-state index contributed by atoms with van der Waals surface area (Å²) in [5.74, 6) is -2.67. The predicted octanol–water partition coefficient (Wildman–Crippen LogP) is 4.16. The maximum absolute atomic E-state index is 14.4. The number of ether oxygens (including phenoxy) is 1. The summed E-state index contributed by atoms with van der Waals surface area (Å²) in [7, 11) is -3.88. The Morgan fingerprint density at radius 1 is 0.962 bits per heavy atom. The minimum Gasteiger partial charge on any atom is -0.446 e. The molecule has 0 radical (unpaired) electrons. The number of carbonyl (C=O) groups is 4. The largest absolute Gasteiger partial charge is 0.446 e. The number of nitrogens with one attached hydrogen (secondary N) is 3. The van der Waals surface area contributed by atoms with Crippen LogP contribution in [-0.2, 0) is 34.0 Å². The third kappa shape index (κ3) is 7.42. The molecule has 3 N–H and O–H groups in total. The monoisotopic (exact) mass is 745 g/mol. The van der Waals surface area contributed by atoms with E-state index in [2.05, 4.69) is 27.1 Å². The molecule has 4 aliphatic carbocycles. The fourth-order valence-corrected chi connectivity index (χ4v) is 9.25. The first kappa shape index (κ1) is 36.6. The van der Waals surface area contributed by atoms with Gasteiger partial charge in [-0.3, -0.25) is 19.1 Å². The molecule has 1 aliphatic heterocycles. The van der Waals surface area contributed by atoms with Crippen LogP contribution in [-0.4, -0.2) is 84.5 Å². The Hall–Kier alpha value is -4.72. The topological polar surface area (TPSA) is 173 Å². The molecule has 0 bridgehead atoms. The van der Waals surface area contributed by atoms with E-state index in [1.807, 2.05) is 48.5 Å². The molecular formula is C39H47N5O8S. The normalized spacial score (nSPS) is 25.2. The molecule has 3 saturated carbocycles. The Morgan fingerprint density at radius 3 is 2.17 bits per heavy atom. The number of fused-ring (bicyclic) bond motifs is 3. The summed E-state index contributed by atoms with van der Waals surface area (Å²) in [6.07, 6.45) is 5.05. The number of hydrogen-bond acceptors (Lipinski definition) is 9. The van der Waals surface area contributed by atoms with E-state index in [4.69, 9.17) is 9.57 Å². The summed E-state index contributed by atoms with van der Waals surface area (Å²) >= 11 is 0. The predicted molar refractivity (Wildman–Crippen MR) is 197 cm³/mol. The molecule has 5 aliphatic rings. The molecule has 4 amide bonds. The molecule has 4 fully saturated rings. The zero-order valence-corrected chi connectivity index (χ0v) is 30.9. The second-order valence-corrected chi connectivity index (χ2v) is 17.2. The molecule has 282 valence electrons. The molecular weight excluding hydrogens is 699 g/mol. The highest BCUT2D eigenvalue weighted by Gasteiger charge is 2.62. The maximum atomic E-state index is 14.4. The van der Waals surface area contributed by atoms with Gasteiger partial charge in [-0.05, 0) is 74.3 Å². The highest BCUT2D eigenvalue weighted by Crippen LogP contribution is 2.47. The molecule has 1 saturated heterocycles. The van der Waals surface area contributed by atoms with Crippen molar-refractivity contribution in [2.45, 2.75) is 107 Å². The minimum atomic E-state index is -3.88. The average molecular weight is 746 g/mol. The van der Waals surface area contributed by atoms with Gasteiger partial charge in [0.2, 0.25) is 21.8 Å². The van der Waals surface area contributed by atoms with Crippen molar-refractivity contribution >= 4 is 39.5 Å². The molecule has 7 rings (SSSR count). The molecule has 1 heterocycles. The third-order valence-electron chi connectivity index (χ3n) is 11.1. The highest BCUT2D eigenvalue weighted by atomic mass is 32.2. The van der Waals surface area contributed by atoms with E-state index in [0.29, 0.717) is 25.0 Å². The molecule has 13 nitrogen and oxygen atoms in total. The smallest absolute Gasteiger partial charge is 0.408 e. The summed E-state index contributed by atoms with van der Waals surface area (Å²) in [5, 5.41) is 9.56. The number of oxime groups is 1. The van der Waals surface area contributed by atoms with Gasteiger partial charge in [-0.25, -0.2) is 13.2 Å². The lowest BCUT2D eigenvalue weighted by molar-refractivity contribution is -0.142. The molecule has 14 heteroatoms. The first-order chi connectivity index (χ1) is 25.4. The van der Waals surface area contributed by atoms with Gasteiger partial charge >= 0.3 is 6.09 Å². The zero-order chi connectivity index (χ0) is 37.5. The Kier molecular flexibility index (Phi) is 10.1. The number of sulfonamides is 1. The van der Waals surface area contributed by atoms with Crippen molar-refractivity contribution in [2.75, 3.05) is 6.54 Å². The van der Waals surface area contributed by atoms with E-state index >= 15 is 0 Å². The van der Waals surface area contributed by atoms with Gasteiger partial charge in [0.15, 0.2) is 0 Å². The average Bonchev–Trinajstić information content (AvgIpc) is 3.95. The number of amides is 4. The Balaban J connectivity index is 1.14. The van der Waals surface area contributed by atoms with E-state index in [1.165, 1.54) is 4.90 Å². The quantitative estimate of drug-likeness (QED) is 0.173. The van der Waals surface area contributed by atoms with Crippen molar-refractivity contribution in [2.24, 2.45) is 17.0 Å². The number of allylic oxidation sites excluding steroid dienone is 1. The van der Waals surface area contributed by atoms with Crippen LogP contribution < -0.4 is 15.4 Å². The van der Waals surface area contributed by atoms with E-state index < -0.39 is 62.8 Å². The van der Waals surface area contributed by atoms with Gasteiger partial charge in [-0.1, -0.05) is 73.6 Å². The molecule has 0 unspecified atom stereocenters. The van der Waals surface area contributed by atoms with Crippen LogP contribution in [0.15, 0.2) is 66.3 Å². The van der Waals surface area contributed by atoms with E-state index in [9.17, 15) is 27.6 Å². The van der Waals surface area contributed by atoms with Crippen LogP contribution in [0.25, 0.3) is 11.1 Å². The molecule has 0 spiro atoms. The molecule has 0 aromatic heterocycles. The second-order valence-electron chi connectivity index (χ2n) is 15.2. The lowest BCUT2D eigenvalue weighted by Gasteiger charge is -2.31. The minimum absolute atomic E-state index is 0.0229. The van der Waals surface area contributed by atoms with Crippen LogP contribution in [0.4, 0.5) is 4.79 Å². The van der Waals surface area contributed by atoms with Crippen molar-refractivity contribution in [1.29, 1.82) is 0 Å². The number of alkyl carbamates (subject to hydrolysis) is 1. The number of nitrogens with zero attached hydrogens (tertiary/aromatic N) is 2. The van der Waals surface area contributed by atoms with Crippen molar-refractivity contribution in [3.8, 4) is 11.1 Å². The van der Waals surface area contributed by atoms with Gasteiger partial charge in [0.1, 0.15) is 35.5 Å². The Bertz CT molecular complexity index is 1890. The van der Waals surface area contributed by atoms with Crippen LogP contribution in [0.3, 0.4) is 0 Å². The first-order valence-electron chi connectivity index (χ1n) is 18.6. The van der Waals surface area contributed by atoms with Crippen molar-refractivity contribution in [3.05, 3.63) is 72.3 Å². The fourth-order valence-electron chi connectivity index (χ4n) is 7.88. The van der Waals surface area contributed by atoms with Gasteiger partial charge < -0.3 is 25.1 Å². The van der Waals surface area contributed by atoms with Crippen LogP contribution in [0.5, 0.6) is 0 Å². The summed E-state index contributed by atoms with van der Waals surface area (Å²) < 4.78 is 33.3. The maximum Gasteiger partial charge on any atom is 0.408 e. The van der Waals surface area contributed by atoms with Crippen LogP contribution in [0.2, 0.25) is 0 Å². The number of hydrogen-bond donors (Lipinski definition) is 3. The lowest BCUT2D eigenvalue weighted by Crippen LogP contribution is -2.59. The Labute approximate surface area is 310 Å². The zero-order valence-electron chi connectivity index (χ0n) is 30.1. The SMILES string of the molecule is C=CC[C@@H]1C[C@]1(NC(=O)[C@@H]1C[C@@H](ON=C2c3ccccc3-c3ccccc32)CN1C(=O)[C@@H](NC(=O)OC1CCCC1)C(C)C)C(=O)NS(=O)(=O)C1CC1. The molecule has 53 heavy (non-hydrogen) atoms. The second kappa shape index (κ2) is 14.6. The van der Waals surface area contributed by atoms with Gasteiger partial charge in [0.25, 0.3) is 5.91 Å². The fraction of sp³-hybridized carbons (Fsp3) is 0.513. The number of rotatable bonds is 13. The van der Waals surface area contributed by atoms with Gasteiger partial charge in [0, 0.05) is 17.5 Å². The summed E-state index contributed by atoms with van der Waals surface area (Å²) in [6, 6.07) is 13.6. The van der Waals surface area contributed by atoms with E-state index in [0.717, 1.165) is 47.9 Å². The van der Waals surface area contributed by atoms with E-state index in [1.54, 1.807) is 19.9 Å². The number of carbonyl (C=O) groups excluding carboxylic acids is 4. The number of likely N-dealkylation sites (tertiary alicyclic amines) is 1. The Morgan fingerprint density at radius 2 is 1.58 bits per heavy atom. The molecule has 2 aromatic carbocycles. The summed E-state index contributed by atoms with van der Waals surface area (Å²) in [4.78, 5) is 62.7. The third-order valence-corrected chi connectivity index (χ3v) is 12.9. The van der Waals surface area contributed by atoms with Gasteiger partial charge in [-0.15, -0.1) is 6.58 Å². The van der Waals surface area contributed by atoms with Gasteiger partial charge in [-0.2, -0.15) is 0 Å². The lowest BCUT2D eigenvalue weighted by atomic mass is 10.0. The summed E-state index contributed by atoms with van der Waals surface area (Å²) in [5.41, 5.74) is 2.99.